The van der Waals surface area contributed by atoms with E-state index in [1.165, 1.54) is 12.1 Å². The van der Waals surface area contributed by atoms with E-state index in [9.17, 15) is 13.2 Å². The van der Waals surface area contributed by atoms with E-state index in [0.717, 1.165) is 12.5 Å². The van der Waals surface area contributed by atoms with Crippen LogP contribution in [0.2, 0.25) is 5.02 Å². The highest BCUT2D eigenvalue weighted by molar-refractivity contribution is 6.30. The molecular weight excluding hydrogens is 301 g/mol. The Morgan fingerprint density at radius 3 is 2.67 bits per heavy atom. The summed E-state index contributed by atoms with van der Waals surface area (Å²) in [5, 5.41) is 3.52. The molecule has 1 aromatic carbocycles. The van der Waals surface area contributed by atoms with Crippen LogP contribution in [-0.2, 0) is 6.18 Å². The molecule has 2 atom stereocenters. The standard InChI is InChI=1S/C15H20ClF3N2/c1-4-14(3)9-21(10(2)8-20-14)13-6-5-11(16)7-12(13)15(17,18)19/h5-7,10,20H,4,8-9H2,1-3H3. The number of hydrogen-bond donors (Lipinski definition) is 1. The average molecular weight is 321 g/mol. The van der Waals surface area contributed by atoms with Gasteiger partial charge in [0.15, 0.2) is 0 Å². The van der Waals surface area contributed by atoms with Crippen molar-refractivity contribution < 1.29 is 13.2 Å². The minimum absolute atomic E-state index is 0.00750. The zero-order valence-corrected chi connectivity index (χ0v) is 13.1. The van der Waals surface area contributed by atoms with Gasteiger partial charge in [0.1, 0.15) is 0 Å². The molecule has 0 spiro atoms. The molecule has 1 saturated heterocycles. The first-order valence-corrected chi connectivity index (χ1v) is 7.42. The lowest BCUT2D eigenvalue weighted by molar-refractivity contribution is -0.137. The molecule has 0 aliphatic carbocycles. The van der Waals surface area contributed by atoms with Crippen LogP contribution < -0.4 is 10.2 Å². The third-order valence-electron chi connectivity index (χ3n) is 4.23. The molecule has 2 unspecified atom stereocenters. The van der Waals surface area contributed by atoms with Crippen LogP contribution in [0.4, 0.5) is 18.9 Å². The van der Waals surface area contributed by atoms with Crippen molar-refractivity contribution in [1.82, 2.24) is 5.32 Å². The number of nitrogens with one attached hydrogen (secondary N) is 1. The molecule has 2 nitrogen and oxygen atoms in total. The van der Waals surface area contributed by atoms with Gasteiger partial charge in [-0.05, 0) is 38.5 Å². The van der Waals surface area contributed by atoms with Gasteiger partial charge in [-0.3, -0.25) is 0 Å². The first kappa shape index (κ1) is 16.4. The SMILES string of the molecule is CCC1(C)CN(c2ccc(Cl)cc2C(F)(F)F)C(C)CN1. The zero-order chi connectivity index (χ0) is 15.8. The minimum atomic E-state index is -4.41. The third-order valence-corrected chi connectivity index (χ3v) is 4.46. The van der Waals surface area contributed by atoms with Crippen LogP contribution in [0.15, 0.2) is 18.2 Å². The van der Waals surface area contributed by atoms with Crippen LogP contribution in [0.5, 0.6) is 0 Å². The van der Waals surface area contributed by atoms with Crippen molar-refractivity contribution in [3.8, 4) is 0 Å². The van der Waals surface area contributed by atoms with Crippen LogP contribution in [0.25, 0.3) is 0 Å². The predicted octanol–water partition coefficient (Wildman–Crippen LogP) is 4.33. The lowest BCUT2D eigenvalue weighted by Gasteiger charge is -2.46. The van der Waals surface area contributed by atoms with Gasteiger partial charge in [0, 0.05) is 35.4 Å². The summed E-state index contributed by atoms with van der Waals surface area (Å²) in [7, 11) is 0. The Labute approximate surface area is 128 Å². The molecular formula is C15H20ClF3N2. The summed E-state index contributed by atoms with van der Waals surface area (Å²) in [4.78, 5) is 1.83. The topological polar surface area (TPSA) is 15.3 Å². The van der Waals surface area contributed by atoms with Crippen molar-refractivity contribution in [2.75, 3.05) is 18.0 Å². The van der Waals surface area contributed by atoms with Crippen LogP contribution in [-0.4, -0.2) is 24.7 Å². The number of benzene rings is 1. The molecule has 0 amide bonds. The van der Waals surface area contributed by atoms with Crippen molar-refractivity contribution in [2.45, 2.75) is 44.9 Å². The van der Waals surface area contributed by atoms with E-state index in [1.807, 2.05) is 25.7 Å². The van der Waals surface area contributed by atoms with Gasteiger partial charge in [-0.25, -0.2) is 0 Å². The fraction of sp³-hybridized carbons (Fsp3) is 0.600. The Bertz CT molecular complexity index is 518. The van der Waals surface area contributed by atoms with Crippen LogP contribution in [0.3, 0.4) is 0 Å². The highest BCUT2D eigenvalue weighted by atomic mass is 35.5. The van der Waals surface area contributed by atoms with Gasteiger partial charge in [-0.15, -0.1) is 0 Å². The Morgan fingerprint density at radius 1 is 1.43 bits per heavy atom. The van der Waals surface area contributed by atoms with Gasteiger partial charge in [0.2, 0.25) is 0 Å². The van der Waals surface area contributed by atoms with Crippen LogP contribution >= 0.6 is 11.6 Å². The summed E-state index contributed by atoms with van der Waals surface area (Å²) in [6, 6.07) is 3.99. The molecule has 21 heavy (non-hydrogen) atoms. The maximum atomic E-state index is 13.3. The number of piperazine rings is 1. The van der Waals surface area contributed by atoms with Crippen molar-refractivity contribution in [1.29, 1.82) is 0 Å². The molecule has 1 N–H and O–H groups in total. The lowest BCUT2D eigenvalue weighted by atomic mass is 9.93. The summed E-state index contributed by atoms with van der Waals surface area (Å²) in [5.41, 5.74) is -0.641. The van der Waals surface area contributed by atoms with Gasteiger partial charge in [-0.1, -0.05) is 18.5 Å². The van der Waals surface area contributed by atoms with Gasteiger partial charge >= 0.3 is 6.18 Å². The summed E-state index contributed by atoms with van der Waals surface area (Å²) >= 11 is 5.75. The van der Waals surface area contributed by atoms with E-state index >= 15 is 0 Å². The Kier molecular flexibility index (Phi) is 4.45. The van der Waals surface area contributed by atoms with Gasteiger partial charge in [-0.2, -0.15) is 13.2 Å². The zero-order valence-electron chi connectivity index (χ0n) is 12.4. The van der Waals surface area contributed by atoms with E-state index in [1.54, 1.807) is 0 Å². The number of hydrogen-bond acceptors (Lipinski definition) is 2. The van der Waals surface area contributed by atoms with E-state index in [4.69, 9.17) is 11.6 Å². The van der Waals surface area contributed by atoms with Crippen molar-refractivity contribution >= 4 is 17.3 Å². The molecule has 1 aliphatic heterocycles. The van der Waals surface area contributed by atoms with Crippen LogP contribution in [0.1, 0.15) is 32.8 Å². The second kappa shape index (κ2) is 5.69. The smallest absolute Gasteiger partial charge is 0.365 e. The maximum absolute atomic E-state index is 13.3. The summed E-state index contributed by atoms with van der Waals surface area (Å²) in [6.07, 6.45) is -3.56. The molecule has 118 valence electrons. The van der Waals surface area contributed by atoms with E-state index < -0.39 is 11.7 Å². The van der Waals surface area contributed by atoms with Crippen molar-refractivity contribution in [3.63, 3.8) is 0 Å². The summed E-state index contributed by atoms with van der Waals surface area (Å²) in [6.45, 7) is 7.19. The highest BCUT2D eigenvalue weighted by Gasteiger charge is 2.39. The number of anilines is 1. The Morgan fingerprint density at radius 2 is 2.10 bits per heavy atom. The second-order valence-electron chi connectivity index (χ2n) is 5.93. The van der Waals surface area contributed by atoms with Gasteiger partial charge in [0.05, 0.1) is 5.56 Å². The molecule has 1 aliphatic rings. The van der Waals surface area contributed by atoms with Gasteiger partial charge in [0.25, 0.3) is 0 Å². The van der Waals surface area contributed by atoms with Crippen LogP contribution in [0, 0.1) is 0 Å². The molecule has 0 bridgehead atoms. The van der Waals surface area contributed by atoms with Gasteiger partial charge < -0.3 is 10.2 Å². The van der Waals surface area contributed by atoms with Crippen molar-refractivity contribution in [3.05, 3.63) is 28.8 Å². The number of halogens is 4. The number of nitrogens with zero attached hydrogens (tertiary/aromatic N) is 1. The molecule has 6 heteroatoms. The molecule has 1 aromatic rings. The van der Waals surface area contributed by atoms with Crippen molar-refractivity contribution in [2.24, 2.45) is 0 Å². The van der Waals surface area contributed by atoms with E-state index in [0.29, 0.717) is 13.1 Å². The minimum Gasteiger partial charge on any atom is -0.365 e. The normalized spacial score (nSPS) is 27.0. The summed E-state index contributed by atoms with van der Waals surface area (Å²) in [5.74, 6) is 0. The predicted molar refractivity (Wildman–Crippen MR) is 80.0 cm³/mol. The largest absolute Gasteiger partial charge is 0.418 e. The molecule has 0 radical (unpaired) electrons. The molecule has 2 rings (SSSR count). The molecule has 0 saturated carbocycles. The third kappa shape index (κ3) is 3.46. The first-order valence-electron chi connectivity index (χ1n) is 7.05. The first-order chi connectivity index (χ1) is 9.66. The molecule has 0 aromatic heterocycles. The molecule has 1 fully saturated rings. The quantitative estimate of drug-likeness (QED) is 0.872. The fourth-order valence-corrected chi connectivity index (χ4v) is 2.81. The monoisotopic (exact) mass is 320 g/mol. The second-order valence-corrected chi connectivity index (χ2v) is 6.37. The summed E-state index contributed by atoms with van der Waals surface area (Å²) < 4.78 is 39.9. The lowest BCUT2D eigenvalue weighted by Crippen LogP contribution is -2.62. The fourth-order valence-electron chi connectivity index (χ4n) is 2.64. The van der Waals surface area contributed by atoms with E-state index in [-0.39, 0.29) is 22.3 Å². The number of alkyl halides is 3. The highest BCUT2D eigenvalue weighted by Crippen LogP contribution is 2.40. The number of rotatable bonds is 2. The average Bonchev–Trinajstić information content (AvgIpc) is 2.41. The maximum Gasteiger partial charge on any atom is 0.418 e. The Balaban J connectivity index is 2.45. The Hall–Kier alpha value is -0.940. The van der Waals surface area contributed by atoms with E-state index in [2.05, 4.69) is 5.32 Å². The molecule has 1 heterocycles.